The van der Waals surface area contributed by atoms with Gasteiger partial charge in [-0.05, 0) is 48.1 Å². The maximum Gasteiger partial charge on any atom is 0.122 e. The number of methoxy groups -OCH3 is 2. The molecular formula is C17H28ClNO2. The van der Waals surface area contributed by atoms with Gasteiger partial charge < -0.3 is 14.8 Å². The van der Waals surface area contributed by atoms with Gasteiger partial charge in [0.2, 0.25) is 0 Å². The van der Waals surface area contributed by atoms with Crippen molar-refractivity contribution in [2.45, 2.75) is 27.2 Å². The van der Waals surface area contributed by atoms with Crippen LogP contribution in [0, 0.1) is 11.3 Å². The molecule has 0 aliphatic carbocycles. The minimum Gasteiger partial charge on any atom is -0.496 e. The molecule has 0 amide bonds. The molecule has 0 heterocycles. The SMILES string of the molecule is COCCNCC(Cc1cc(Cl)ccc1OC)C(C)(C)C. The van der Waals surface area contributed by atoms with Gasteiger partial charge in [0.15, 0.2) is 0 Å². The van der Waals surface area contributed by atoms with Crippen molar-refractivity contribution in [2.75, 3.05) is 33.9 Å². The quantitative estimate of drug-likeness (QED) is 0.741. The van der Waals surface area contributed by atoms with E-state index in [4.69, 9.17) is 21.1 Å². The highest BCUT2D eigenvalue weighted by Gasteiger charge is 2.25. The predicted octanol–water partition coefficient (Wildman–Crippen LogP) is 3.79. The maximum absolute atomic E-state index is 6.13. The van der Waals surface area contributed by atoms with Gasteiger partial charge in [-0.25, -0.2) is 0 Å². The molecule has 0 spiro atoms. The first-order valence-electron chi connectivity index (χ1n) is 7.40. The van der Waals surface area contributed by atoms with Gasteiger partial charge in [0.25, 0.3) is 0 Å². The molecule has 0 aromatic heterocycles. The van der Waals surface area contributed by atoms with Crippen molar-refractivity contribution in [2.24, 2.45) is 11.3 Å². The summed E-state index contributed by atoms with van der Waals surface area (Å²) in [6.07, 6.45) is 0.938. The summed E-state index contributed by atoms with van der Waals surface area (Å²) in [4.78, 5) is 0. The van der Waals surface area contributed by atoms with E-state index in [0.717, 1.165) is 36.9 Å². The zero-order valence-corrected chi connectivity index (χ0v) is 14.6. The number of rotatable bonds is 8. The van der Waals surface area contributed by atoms with Crippen LogP contribution in [0.15, 0.2) is 18.2 Å². The Labute approximate surface area is 134 Å². The number of hydrogen-bond donors (Lipinski definition) is 1. The van der Waals surface area contributed by atoms with Crippen LogP contribution in [0.2, 0.25) is 5.02 Å². The highest BCUT2D eigenvalue weighted by Crippen LogP contribution is 2.32. The van der Waals surface area contributed by atoms with Crippen LogP contribution in [0.4, 0.5) is 0 Å². The van der Waals surface area contributed by atoms with E-state index in [1.807, 2.05) is 18.2 Å². The van der Waals surface area contributed by atoms with E-state index in [1.165, 1.54) is 5.56 Å². The normalized spacial score (nSPS) is 13.2. The molecule has 120 valence electrons. The summed E-state index contributed by atoms with van der Waals surface area (Å²) in [5, 5.41) is 4.22. The second-order valence-corrected chi connectivity index (χ2v) is 6.86. The van der Waals surface area contributed by atoms with Crippen molar-refractivity contribution in [3.63, 3.8) is 0 Å². The van der Waals surface area contributed by atoms with E-state index in [9.17, 15) is 0 Å². The summed E-state index contributed by atoms with van der Waals surface area (Å²) in [5.41, 5.74) is 1.37. The molecule has 1 aromatic rings. The largest absolute Gasteiger partial charge is 0.496 e. The molecule has 21 heavy (non-hydrogen) atoms. The van der Waals surface area contributed by atoms with E-state index in [0.29, 0.717) is 5.92 Å². The fraction of sp³-hybridized carbons (Fsp3) is 0.647. The number of nitrogens with one attached hydrogen (secondary N) is 1. The maximum atomic E-state index is 6.13. The first-order chi connectivity index (χ1) is 9.88. The molecule has 0 fully saturated rings. The molecule has 0 aliphatic rings. The lowest BCUT2D eigenvalue weighted by Crippen LogP contribution is -2.34. The zero-order valence-electron chi connectivity index (χ0n) is 13.8. The van der Waals surface area contributed by atoms with E-state index < -0.39 is 0 Å². The summed E-state index contributed by atoms with van der Waals surface area (Å²) in [6, 6.07) is 5.82. The summed E-state index contributed by atoms with van der Waals surface area (Å²) < 4.78 is 10.5. The van der Waals surface area contributed by atoms with Gasteiger partial charge in [-0.15, -0.1) is 0 Å². The van der Waals surface area contributed by atoms with Crippen LogP contribution in [0.5, 0.6) is 5.75 Å². The molecule has 1 N–H and O–H groups in total. The zero-order chi connectivity index (χ0) is 15.9. The van der Waals surface area contributed by atoms with Crippen molar-refractivity contribution in [3.05, 3.63) is 28.8 Å². The smallest absolute Gasteiger partial charge is 0.122 e. The van der Waals surface area contributed by atoms with Crippen LogP contribution in [0.1, 0.15) is 26.3 Å². The average molecular weight is 314 g/mol. The molecule has 1 aromatic carbocycles. The Morgan fingerprint density at radius 2 is 1.95 bits per heavy atom. The fourth-order valence-electron chi connectivity index (χ4n) is 2.31. The van der Waals surface area contributed by atoms with Gasteiger partial charge in [-0.3, -0.25) is 0 Å². The topological polar surface area (TPSA) is 30.5 Å². The number of hydrogen-bond acceptors (Lipinski definition) is 3. The highest BCUT2D eigenvalue weighted by atomic mass is 35.5. The minimum atomic E-state index is 0.202. The van der Waals surface area contributed by atoms with Crippen molar-refractivity contribution < 1.29 is 9.47 Å². The van der Waals surface area contributed by atoms with Gasteiger partial charge in [0.05, 0.1) is 13.7 Å². The molecule has 1 rings (SSSR count). The Bertz CT molecular complexity index is 429. The van der Waals surface area contributed by atoms with Crippen LogP contribution < -0.4 is 10.1 Å². The van der Waals surface area contributed by atoms with Gasteiger partial charge in [-0.2, -0.15) is 0 Å². The van der Waals surface area contributed by atoms with Crippen molar-refractivity contribution >= 4 is 11.6 Å². The van der Waals surface area contributed by atoms with E-state index >= 15 is 0 Å². The number of halogens is 1. The standard InChI is InChI=1S/C17H28ClNO2/c1-17(2,3)14(12-19-8-9-20-4)10-13-11-15(18)6-7-16(13)21-5/h6-7,11,14,19H,8-10,12H2,1-5H3. The number of ether oxygens (including phenoxy) is 2. The second-order valence-electron chi connectivity index (χ2n) is 6.42. The van der Waals surface area contributed by atoms with Gasteiger partial charge in [0.1, 0.15) is 5.75 Å². The molecule has 0 bridgehead atoms. The van der Waals surface area contributed by atoms with Crippen LogP contribution in [-0.4, -0.2) is 33.9 Å². The van der Waals surface area contributed by atoms with Crippen LogP contribution in [0.3, 0.4) is 0 Å². The molecule has 1 unspecified atom stereocenters. The van der Waals surface area contributed by atoms with Crippen LogP contribution in [0.25, 0.3) is 0 Å². The Balaban J connectivity index is 2.79. The molecule has 4 heteroatoms. The molecular weight excluding hydrogens is 286 g/mol. The Kier molecular flexibility index (Phi) is 7.50. The van der Waals surface area contributed by atoms with Crippen molar-refractivity contribution in [1.29, 1.82) is 0 Å². The fourth-order valence-corrected chi connectivity index (χ4v) is 2.50. The third-order valence-electron chi connectivity index (χ3n) is 3.81. The third-order valence-corrected chi connectivity index (χ3v) is 4.04. The highest BCUT2D eigenvalue weighted by molar-refractivity contribution is 6.30. The monoisotopic (exact) mass is 313 g/mol. The predicted molar refractivity (Wildman–Crippen MR) is 89.4 cm³/mol. The molecule has 0 saturated carbocycles. The van der Waals surface area contributed by atoms with E-state index in [-0.39, 0.29) is 5.41 Å². The van der Waals surface area contributed by atoms with Crippen molar-refractivity contribution in [1.82, 2.24) is 5.32 Å². The molecule has 0 aliphatic heterocycles. The Morgan fingerprint density at radius 1 is 1.24 bits per heavy atom. The molecule has 3 nitrogen and oxygen atoms in total. The lowest BCUT2D eigenvalue weighted by Gasteiger charge is -2.31. The van der Waals surface area contributed by atoms with E-state index in [1.54, 1.807) is 14.2 Å². The van der Waals surface area contributed by atoms with Gasteiger partial charge in [-0.1, -0.05) is 32.4 Å². The average Bonchev–Trinajstić information content (AvgIpc) is 2.41. The van der Waals surface area contributed by atoms with Crippen LogP contribution in [-0.2, 0) is 11.2 Å². The van der Waals surface area contributed by atoms with E-state index in [2.05, 4.69) is 26.1 Å². The summed E-state index contributed by atoms with van der Waals surface area (Å²) in [6.45, 7) is 9.36. The lowest BCUT2D eigenvalue weighted by molar-refractivity contribution is 0.186. The first kappa shape index (κ1) is 18.3. The van der Waals surface area contributed by atoms with Gasteiger partial charge in [0, 0.05) is 18.7 Å². The Hall–Kier alpha value is -0.770. The van der Waals surface area contributed by atoms with Crippen LogP contribution >= 0.6 is 11.6 Å². The molecule has 1 atom stereocenters. The minimum absolute atomic E-state index is 0.202. The molecule has 0 radical (unpaired) electrons. The van der Waals surface area contributed by atoms with Crippen molar-refractivity contribution in [3.8, 4) is 5.75 Å². The summed E-state index contributed by atoms with van der Waals surface area (Å²) in [7, 11) is 3.43. The summed E-state index contributed by atoms with van der Waals surface area (Å²) in [5.74, 6) is 1.40. The Morgan fingerprint density at radius 3 is 2.52 bits per heavy atom. The number of benzene rings is 1. The van der Waals surface area contributed by atoms with Gasteiger partial charge >= 0.3 is 0 Å². The molecule has 0 saturated heterocycles. The third kappa shape index (κ3) is 6.25. The summed E-state index contributed by atoms with van der Waals surface area (Å²) >= 11 is 6.13. The second kappa shape index (κ2) is 8.62. The first-order valence-corrected chi connectivity index (χ1v) is 7.78. The lowest BCUT2D eigenvalue weighted by atomic mass is 9.77.